The van der Waals surface area contributed by atoms with Gasteiger partial charge in [0, 0.05) is 24.5 Å². The van der Waals surface area contributed by atoms with Gasteiger partial charge in [0.05, 0.1) is 12.9 Å². The summed E-state index contributed by atoms with van der Waals surface area (Å²) in [5, 5.41) is 0. The van der Waals surface area contributed by atoms with Gasteiger partial charge in [-0.1, -0.05) is 12.1 Å². The Morgan fingerprint density at radius 3 is 3.06 bits per heavy atom. The maximum absolute atomic E-state index is 11.3. The van der Waals surface area contributed by atoms with Crippen molar-refractivity contribution in [3.05, 3.63) is 48.5 Å². The minimum Gasteiger partial charge on any atom is -0.466 e. The highest BCUT2D eigenvalue weighted by molar-refractivity contribution is 5.69. The fraction of sp³-hybridized carbons (Fsp3) is 0.286. The Hall–Kier alpha value is -2.10. The zero-order chi connectivity index (χ0) is 12.8. The summed E-state index contributed by atoms with van der Waals surface area (Å²) in [5.74, 6) is -0.148. The van der Waals surface area contributed by atoms with Crippen molar-refractivity contribution in [2.45, 2.75) is 19.8 Å². The van der Waals surface area contributed by atoms with E-state index >= 15 is 0 Å². The number of aromatic nitrogens is 2. The normalized spacial score (nSPS) is 10.3. The van der Waals surface area contributed by atoms with E-state index in [4.69, 9.17) is 4.74 Å². The number of aryl methyl sites for hydroxylation is 1. The van der Waals surface area contributed by atoms with E-state index in [0.717, 1.165) is 11.3 Å². The van der Waals surface area contributed by atoms with E-state index in [1.54, 1.807) is 12.5 Å². The molecule has 1 aromatic heterocycles. The molecule has 0 radical (unpaired) electrons. The van der Waals surface area contributed by atoms with Gasteiger partial charge in [0.1, 0.15) is 0 Å². The number of nitrogens with zero attached hydrogens (tertiary/aromatic N) is 2. The average Bonchev–Trinajstić information content (AvgIpc) is 2.91. The second-order valence-corrected chi connectivity index (χ2v) is 3.94. The third-order valence-corrected chi connectivity index (χ3v) is 2.64. The molecule has 0 bridgehead atoms. The Bertz CT molecular complexity index is 506. The quantitative estimate of drug-likeness (QED) is 0.758. The van der Waals surface area contributed by atoms with Gasteiger partial charge in [0.2, 0.25) is 0 Å². The number of carbonyl (C=O) groups excluding carboxylic acids is 1. The molecule has 4 nitrogen and oxygen atoms in total. The second kappa shape index (κ2) is 6.00. The molecule has 0 unspecified atom stereocenters. The van der Waals surface area contributed by atoms with Crippen molar-refractivity contribution in [2.24, 2.45) is 0 Å². The Morgan fingerprint density at radius 1 is 1.44 bits per heavy atom. The van der Waals surface area contributed by atoms with E-state index < -0.39 is 0 Å². The first-order valence-corrected chi connectivity index (χ1v) is 6.02. The standard InChI is InChI=1S/C14H16N2O2/c1-2-18-14(17)7-6-12-4-3-5-13(10-12)16-9-8-15-11-16/h3-5,8-11H,2,6-7H2,1H3. The molecule has 0 aliphatic rings. The van der Waals surface area contributed by atoms with Crippen LogP contribution in [-0.2, 0) is 16.0 Å². The van der Waals surface area contributed by atoms with Crippen LogP contribution in [-0.4, -0.2) is 22.1 Å². The number of hydrogen-bond donors (Lipinski definition) is 0. The SMILES string of the molecule is CCOC(=O)CCc1cccc(-n2ccnc2)c1. The van der Waals surface area contributed by atoms with Crippen molar-refractivity contribution < 1.29 is 9.53 Å². The maximum Gasteiger partial charge on any atom is 0.306 e. The van der Waals surface area contributed by atoms with Gasteiger partial charge in [-0.05, 0) is 31.0 Å². The van der Waals surface area contributed by atoms with Gasteiger partial charge in [-0.2, -0.15) is 0 Å². The Labute approximate surface area is 106 Å². The lowest BCUT2D eigenvalue weighted by Crippen LogP contribution is -2.05. The number of hydrogen-bond acceptors (Lipinski definition) is 3. The monoisotopic (exact) mass is 244 g/mol. The number of rotatable bonds is 5. The van der Waals surface area contributed by atoms with Crippen molar-refractivity contribution in [2.75, 3.05) is 6.61 Å². The highest BCUT2D eigenvalue weighted by Crippen LogP contribution is 2.12. The first kappa shape index (κ1) is 12.4. The molecular formula is C14H16N2O2. The van der Waals surface area contributed by atoms with E-state index in [-0.39, 0.29) is 5.97 Å². The van der Waals surface area contributed by atoms with E-state index in [0.29, 0.717) is 19.4 Å². The maximum atomic E-state index is 11.3. The van der Waals surface area contributed by atoms with E-state index in [1.165, 1.54) is 0 Å². The first-order chi connectivity index (χ1) is 8.79. The highest BCUT2D eigenvalue weighted by Gasteiger charge is 2.03. The number of benzene rings is 1. The summed E-state index contributed by atoms with van der Waals surface area (Å²) in [6, 6.07) is 8.06. The largest absolute Gasteiger partial charge is 0.466 e. The minimum atomic E-state index is -0.148. The minimum absolute atomic E-state index is 0.148. The predicted molar refractivity (Wildman–Crippen MR) is 68.5 cm³/mol. The van der Waals surface area contributed by atoms with Crippen molar-refractivity contribution in [1.82, 2.24) is 9.55 Å². The molecule has 0 saturated carbocycles. The van der Waals surface area contributed by atoms with Gasteiger partial charge in [-0.3, -0.25) is 4.79 Å². The fourth-order valence-electron chi connectivity index (χ4n) is 1.76. The predicted octanol–water partition coefficient (Wildman–Crippen LogP) is 2.37. The molecule has 0 aliphatic heterocycles. The number of esters is 1. The van der Waals surface area contributed by atoms with Crippen LogP contribution >= 0.6 is 0 Å². The summed E-state index contributed by atoms with van der Waals surface area (Å²) in [5.41, 5.74) is 2.17. The molecule has 0 N–H and O–H groups in total. The van der Waals surface area contributed by atoms with Crippen LogP contribution in [0.2, 0.25) is 0 Å². The van der Waals surface area contributed by atoms with Crippen LogP contribution in [0.4, 0.5) is 0 Å². The van der Waals surface area contributed by atoms with Crippen LogP contribution in [0.1, 0.15) is 18.9 Å². The molecule has 0 aliphatic carbocycles. The van der Waals surface area contributed by atoms with Crippen LogP contribution in [0.25, 0.3) is 5.69 Å². The molecule has 0 saturated heterocycles. The molecule has 94 valence electrons. The summed E-state index contributed by atoms with van der Waals surface area (Å²) >= 11 is 0. The number of carbonyl (C=O) groups is 1. The lowest BCUT2D eigenvalue weighted by molar-refractivity contribution is -0.143. The van der Waals surface area contributed by atoms with Crippen LogP contribution in [0.3, 0.4) is 0 Å². The third kappa shape index (κ3) is 3.20. The van der Waals surface area contributed by atoms with Crippen molar-refractivity contribution >= 4 is 5.97 Å². The van der Waals surface area contributed by atoms with Crippen molar-refractivity contribution in [1.29, 1.82) is 0 Å². The van der Waals surface area contributed by atoms with Gasteiger partial charge in [0.25, 0.3) is 0 Å². The molecule has 1 heterocycles. The van der Waals surface area contributed by atoms with Crippen LogP contribution in [0.5, 0.6) is 0 Å². The Balaban J connectivity index is 2.02. The van der Waals surface area contributed by atoms with Gasteiger partial charge < -0.3 is 9.30 Å². The second-order valence-electron chi connectivity index (χ2n) is 3.94. The first-order valence-electron chi connectivity index (χ1n) is 6.02. The Morgan fingerprint density at radius 2 is 2.33 bits per heavy atom. The smallest absolute Gasteiger partial charge is 0.306 e. The van der Waals surface area contributed by atoms with E-state index in [2.05, 4.69) is 11.1 Å². The zero-order valence-corrected chi connectivity index (χ0v) is 10.4. The lowest BCUT2D eigenvalue weighted by atomic mass is 10.1. The summed E-state index contributed by atoms with van der Waals surface area (Å²) in [7, 11) is 0. The topological polar surface area (TPSA) is 44.1 Å². The van der Waals surface area contributed by atoms with Crippen molar-refractivity contribution in [3.63, 3.8) is 0 Å². The number of imidazole rings is 1. The molecule has 4 heteroatoms. The van der Waals surface area contributed by atoms with Crippen LogP contribution < -0.4 is 0 Å². The summed E-state index contributed by atoms with van der Waals surface area (Å²) in [6.45, 7) is 2.26. The Kier molecular flexibility index (Phi) is 4.12. The number of ether oxygens (including phenoxy) is 1. The third-order valence-electron chi connectivity index (χ3n) is 2.64. The molecule has 0 fully saturated rings. The molecule has 0 atom stereocenters. The molecule has 18 heavy (non-hydrogen) atoms. The van der Waals surface area contributed by atoms with Gasteiger partial charge in [-0.15, -0.1) is 0 Å². The molecule has 2 aromatic rings. The van der Waals surface area contributed by atoms with E-state index in [1.807, 2.05) is 35.9 Å². The zero-order valence-electron chi connectivity index (χ0n) is 10.4. The van der Waals surface area contributed by atoms with Crippen LogP contribution in [0.15, 0.2) is 43.0 Å². The lowest BCUT2D eigenvalue weighted by Gasteiger charge is -2.06. The van der Waals surface area contributed by atoms with Crippen molar-refractivity contribution in [3.8, 4) is 5.69 Å². The average molecular weight is 244 g/mol. The van der Waals surface area contributed by atoms with Gasteiger partial charge in [0.15, 0.2) is 0 Å². The van der Waals surface area contributed by atoms with Gasteiger partial charge >= 0.3 is 5.97 Å². The summed E-state index contributed by atoms with van der Waals surface area (Å²) in [6.07, 6.45) is 6.50. The molecule has 0 amide bonds. The fourth-order valence-corrected chi connectivity index (χ4v) is 1.76. The molecule has 1 aromatic carbocycles. The van der Waals surface area contributed by atoms with Crippen LogP contribution in [0, 0.1) is 0 Å². The molecule has 0 spiro atoms. The van der Waals surface area contributed by atoms with Gasteiger partial charge in [-0.25, -0.2) is 4.98 Å². The summed E-state index contributed by atoms with van der Waals surface area (Å²) in [4.78, 5) is 15.3. The highest BCUT2D eigenvalue weighted by atomic mass is 16.5. The molecular weight excluding hydrogens is 228 g/mol. The van der Waals surface area contributed by atoms with E-state index in [9.17, 15) is 4.79 Å². The molecule has 2 rings (SSSR count). The summed E-state index contributed by atoms with van der Waals surface area (Å²) < 4.78 is 6.85.